The fourth-order valence-electron chi connectivity index (χ4n) is 2.47. The molecule has 1 N–H and O–H groups in total. The number of fused-ring (bicyclic) bond motifs is 1. The number of allylic oxidation sites excluding steroid dienone is 1. The van der Waals surface area contributed by atoms with Crippen LogP contribution in [0.2, 0.25) is 0 Å². The SMILES string of the molecule is CC(C)C1=CCNCc2nccc(C(C)C)c21. The predicted octanol–water partition coefficient (Wildman–Crippen LogP) is 3.35. The Labute approximate surface area is 104 Å². The Morgan fingerprint density at radius 1 is 1.18 bits per heavy atom. The fraction of sp³-hybridized carbons (Fsp3) is 0.533. The van der Waals surface area contributed by atoms with Crippen molar-refractivity contribution in [3.8, 4) is 0 Å². The average Bonchev–Trinajstić information content (AvgIpc) is 2.50. The normalized spacial score (nSPS) is 15.8. The van der Waals surface area contributed by atoms with Gasteiger partial charge in [0.05, 0.1) is 5.69 Å². The van der Waals surface area contributed by atoms with Crippen molar-refractivity contribution in [3.63, 3.8) is 0 Å². The number of hydrogen-bond acceptors (Lipinski definition) is 2. The minimum atomic E-state index is 0.548. The number of aromatic nitrogens is 1. The zero-order valence-corrected chi connectivity index (χ0v) is 11.2. The van der Waals surface area contributed by atoms with E-state index in [2.05, 4.69) is 50.1 Å². The smallest absolute Gasteiger partial charge is 0.0619 e. The van der Waals surface area contributed by atoms with Crippen LogP contribution in [0.5, 0.6) is 0 Å². The molecule has 0 aromatic carbocycles. The van der Waals surface area contributed by atoms with Crippen LogP contribution in [-0.4, -0.2) is 11.5 Å². The number of nitrogens with zero attached hydrogens (tertiary/aromatic N) is 1. The van der Waals surface area contributed by atoms with Gasteiger partial charge in [0.1, 0.15) is 0 Å². The van der Waals surface area contributed by atoms with Gasteiger partial charge in [0, 0.05) is 24.8 Å². The molecule has 0 atom stereocenters. The van der Waals surface area contributed by atoms with E-state index in [-0.39, 0.29) is 0 Å². The second kappa shape index (κ2) is 5.01. The summed E-state index contributed by atoms with van der Waals surface area (Å²) in [6, 6.07) is 2.17. The summed E-state index contributed by atoms with van der Waals surface area (Å²) in [4.78, 5) is 4.55. The highest BCUT2D eigenvalue weighted by Gasteiger charge is 2.19. The van der Waals surface area contributed by atoms with Gasteiger partial charge in [-0.15, -0.1) is 0 Å². The summed E-state index contributed by atoms with van der Waals surface area (Å²) in [5, 5.41) is 3.42. The van der Waals surface area contributed by atoms with Gasteiger partial charge in [-0.25, -0.2) is 0 Å². The molecule has 92 valence electrons. The monoisotopic (exact) mass is 230 g/mol. The van der Waals surface area contributed by atoms with Gasteiger partial charge in [-0.3, -0.25) is 4.98 Å². The van der Waals surface area contributed by atoms with Crippen LogP contribution in [0.3, 0.4) is 0 Å². The molecule has 2 nitrogen and oxygen atoms in total. The summed E-state index contributed by atoms with van der Waals surface area (Å²) >= 11 is 0. The Morgan fingerprint density at radius 3 is 2.59 bits per heavy atom. The summed E-state index contributed by atoms with van der Waals surface area (Å²) in [7, 11) is 0. The van der Waals surface area contributed by atoms with Crippen molar-refractivity contribution >= 4 is 5.57 Å². The summed E-state index contributed by atoms with van der Waals surface area (Å²) in [6.45, 7) is 10.9. The van der Waals surface area contributed by atoms with Gasteiger partial charge in [0.2, 0.25) is 0 Å². The lowest BCUT2D eigenvalue weighted by atomic mass is 9.87. The lowest BCUT2D eigenvalue weighted by molar-refractivity contribution is 0.741. The van der Waals surface area contributed by atoms with E-state index in [1.807, 2.05) is 6.20 Å². The predicted molar refractivity (Wildman–Crippen MR) is 72.8 cm³/mol. The van der Waals surface area contributed by atoms with Gasteiger partial charge < -0.3 is 5.32 Å². The maximum absolute atomic E-state index is 4.55. The van der Waals surface area contributed by atoms with Gasteiger partial charge >= 0.3 is 0 Å². The maximum Gasteiger partial charge on any atom is 0.0619 e. The van der Waals surface area contributed by atoms with Crippen LogP contribution >= 0.6 is 0 Å². The minimum absolute atomic E-state index is 0.548. The quantitative estimate of drug-likeness (QED) is 0.842. The van der Waals surface area contributed by atoms with Gasteiger partial charge in [-0.1, -0.05) is 33.8 Å². The summed E-state index contributed by atoms with van der Waals surface area (Å²) in [5.74, 6) is 1.10. The third kappa shape index (κ3) is 2.42. The molecule has 1 aromatic heterocycles. The van der Waals surface area contributed by atoms with Crippen molar-refractivity contribution in [2.45, 2.75) is 40.2 Å². The van der Waals surface area contributed by atoms with Crippen LogP contribution in [0.1, 0.15) is 50.4 Å². The van der Waals surface area contributed by atoms with E-state index in [1.54, 1.807) is 0 Å². The highest BCUT2D eigenvalue weighted by Crippen LogP contribution is 2.33. The van der Waals surface area contributed by atoms with Gasteiger partial charge in [-0.2, -0.15) is 0 Å². The Hall–Kier alpha value is -1.15. The van der Waals surface area contributed by atoms with E-state index < -0.39 is 0 Å². The number of nitrogens with one attached hydrogen (secondary N) is 1. The molecular formula is C15H22N2. The first-order chi connectivity index (χ1) is 8.11. The zero-order valence-electron chi connectivity index (χ0n) is 11.2. The maximum atomic E-state index is 4.55. The van der Waals surface area contributed by atoms with E-state index >= 15 is 0 Å². The van der Waals surface area contributed by atoms with E-state index in [9.17, 15) is 0 Å². The van der Waals surface area contributed by atoms with Crippen molar-refractivity contribution in [1.82, 2.24) is 10.3 Å². The van der Waals surface area contributed by atoms with Gasteiger partial charge in [-0.05, 0) is 29.0 Å². The highest BCUT2D eigenvalue weighted by molar-refractivity contribution is 5.72. The van der Waals surface area contributed by atoms with Crippen molar-refractivity contribution in [1.29, 1.82) is 0 Å². The number of rotatable bonds is 2. The molecule has 1 aliphatic heterocycles. The number of pyridine rings is 1. The van der Waals surface area contributed by atoms with E-state index in [1.165, 1.54) is 22.4 Å². The largest absolute Gasteiger partial charge is 0.308 e. The molecule has 2 heteroatoms. The molecule has 2 rings (SSSR count). The minimum Gasteiger partial charge on any atom is -0.308 e. The Balaban J connectivity index is 2.61. The van der Waals surface area contributed by atoms with Crippen molar-refractivity contribution < 1.29 is 0 Å². The van der Waals surface area contributed by atoms with Crippen LogP contribution in [-0.2, 0) is 6.54 Å². The highest BCUT2D eigenvalue weighted by atomic mass is 14.9. The standard InChI is InChI=1S/C15H22N2/c1-10(2)12-5-7-16-9-14-15(12)13(11(3)4)6-8-17-14/h5-6,8,10-11,16H,7,9H2,1-4H3. The molecule has 0 saturated heterocycles. The lowest BCUT2D eigenvalue weighted by Crippen LogP contribution is -2.13. The number of hydrogen-bond donors (Lipinski definition) is 1. The van der Waals surface area contributed by atoms with Crippen LogP contribution in [0.4, 0.5) is 0 Å². The molecule has 0 spiro atoms. The molecule has 0 saturated carbocycles. The molecule has 1 aliphatic rings. The van der Waals surface area contributed by atoms with Crippen LogP contribution in [0.15, 0.2) is 18.3 Å². The van der Waals surface area contributed by atoms with Crippen molar-refractivity contribution in [2.75, 3.05) is 6.54 Å². The second-order valence-electron chi connectivity index (χ2n) is 5.32. The first kappa shape index (κ1) is 12.3. The molecule has 0 bridgehead atoms. The molecule has 0 amide bonds. The Morgan fingerprint density at radius 2 is 1.94 bits per heavy atom. The lowest BCUT2D eigenvalue weighted by Gasteiger charge is -2.19. The first-order valence-corrected chi connectivity index (χ1v) is 6.50. The van der Waals surface area contributed by atoms with E-state index in [0.717, 1.165) is 13.1 Å². The molecule has 2 heterocycles. The summed E-state index contributed by atoms with van der Waals surface area (Å²) in [6.07, 6.45) is 4.27. The Kier molecular flexibility index (Phi) is 3.63. The zero-order chi connectivity index (χ0) is 12.4. The molecule has 1 aromatic rings. The fourth-order valence-corrected chi connectivity index (χ4v) is 2.47. The third-order valence-electron chi connectivity index (χ3n) is 3.35. The van der Waals surface area contributed by atoms with Gasteiger partial charge in [0.25, 0.3) is 0 Å². The van der Waals surface area contributed by atoms with E-state index in [0.29, 0.717) is 11.8 Å². The topological polar surface area (TPSA) is 24.9 Å². The molecule has 17 heavy (non-hydrogen) atoms. The molecular weight excluding hydrogens is 208 g/mol. The molecule has 0 unspecified atom stereocenters. The summed E-state index contributed by atoms with van der Waals surface area (Å²) in [5.41, 5.74) is 5.47. The van der Waals surface area contributed by atoms with Crippen molar-refractivity contribution in [3.05, 3.63) is 35.2 Å². The first-order valence-electron chi connectivity index (χ1n) is 6.50. The van der Waals surface area contributed by atoms with Crippen LogP contribution in [0, 0.1) is 5.92 Å². The third-order valence-corrected chi connectivity index (χ3v) is 3.35. The van der Waals surface area contributed by atoms with E-state index in [4.69, 9.17) is 0 Å². The van der Waals surface area contributed by atoms with Crippen LogP contribution < -0.4 is 5.32 Å². The van der Waals surface area contributed by atoms with Crippen LogP contribution in [0.25, 0.3) is 5.57 Å². The second-order valence-corrected chi connectivity index (χ2v) is 5.32. The Bertz CT molecular complexity index is 431. The van der Waals surface area contributed by atoms with Gasteiger partial charge in [0.15, 0.2) is 0 Å². The molecule has 0 radical (unpaired) electrons. The molecule has 0 fully saturated rings. The molecule has 0 aliphatic carbocycles. The summed E-state index contributed by atoms with van der Waals surface area (Å²) < 4.78 is 0. The van der Waals surface area contributed by atoms with Crippen molar-refractivity contribution in [2.24, 2.45) is 5.92 Å². The average molecular weight is 230 g/mol.